The van der Waals surface area contributed by atoms with Crippen molar-refractivity contribution < 1.29 is 14.4 Å². The number of carbonyl (C=O) groups excluding carboxylic acids is 1. The Labute approximate surface area is 143 Å². The average Bonchev–Trinajstić information content (AvgIpc) is 3.18. The van der Waals surface area contributed by atoms with Crippen molar-refractivity contribution in [2.24, 2.45) is 0 Å². The summed E-state index contributed by atoms with van der Waals surface area (Å²) in [5.74, 6) is 1.05. The fourth-order valence-electron chi connectivity index (χ4n) is 2.41. The highest BCUT2D eigenvalue weighted by Gasteiger charge is 2.13. The Morgan fingerprint density at radius 2 is 2.25 bits per heavy atom. The summed E-state index contributed by atoms with van der Waals surface area (Å²) in [6.07, 6.45) is 0.880. The number of thiophene rings is 1. The number of benzene rings is 1. The van der Waals surface area contributed by atoms with Crippen molar-refractivity contribution in [3.05, 3.63) is 46.9 Å². The van der Waals surface area contributed by atoms with Gasteiger partial charge in [-0.1, -0.05) is 23.4 Å². The van der Waals surface area contributed by atoms with Crippen molar-refractivity contribution in [1.29, 1.82) is 0 Å². The van der Waals surface area contributed by atoms with Gasteiger partial charge >= 0.3 is 0 Å². The SMILES string of the molecule is Cc1noc(CCCC(=O)NCC(O)c2cc3ccccc3s2)n1. The van der Waals surface area contributed by atoms with Gasteiger partial charge < -0.3 is 14.9 Å². The van der Waals surface area contributed by atoms with Crippen LogP contribution in [0.1, 0.15) is 35.5 Å². The Kier molecular flexibility index (Phi) is 5.22. The minimum atomic E-state index is -0.690. The van der Waals surface area contributed by atoms with Crippen LogP contribution in [0.2, 0.25) is 0 Å². The molecular weight excluding hydrogens is 326 g/mol. The number of aliphatic hydroxyl groups is 1. The summed E-state index contributed by atoms with van der Waals surface area (Å²) in [7, 11) is 0. The summed E-state index contributed by atoms with van der Waals surface area (Å²) in [4.78, 5) is 16.8. The van der Waals surface area contributed by atoms with Crippen LogP contribution in [0.25, 0.3) is 10.1 Å². The van der Waals surface area contributed by atoms with Gasteiger partial charge in [0.2, 0.25) is 11.8 Å². The van der Waals surface area contributed by atoms with Gasteiger partial charge in [0, 0.05) is 29.0 Å². The van der Waals surface area contributed by atoms with Crippen LogP contribution in [0, 0.1) is 6.92 Å². The lowest BCUT2D eigenvalue weighted by Crippen LogP contribution is -2.27. The second-order valence-corrected chi connectivity index (χ2v) is 6.71. The molecule has 6 nitrogen and oxygen atoms in total. The fourth-order valence-corrected chi connectivity index (χ4v) is 3.46. The lowest BCUT2D eigenvalue weighted by atomic mass is 10.2. The van der Waals surface area contributed by atoms with Gasteiger partial charge in [-0.25, -0.2) is 0 Å². The molecule has 0 aliphatic heterocycles. The number of nitrogens with one attached hydrogen (secondary N) is 1. The Hall–Kier alpha value is -2.25. The first-order valence-corrected chi connectivity index (χ1v) is 8.66. The van der Waals surface area contributed by atoms with Crippen LogP contribution in [0.3, 0.4) is 0 Å². The molecule has 1 aromatic carbocycles. The van der Waals surface area contributed by atoms with Gasteiger partial charge in [-0.15, -0.1) is 11.3 Å². The summed E-state index contributed by atoms with van der Waals surface area (Å²) in [6, 6.07) is 9.95. The summed E-state index contributed by atoms with van der Waals surface area (Å²) in [6.45, 7) is 1.97. The maximum Gasteiger partial charge on any atom is 0.226 e. The first kappa shape index (κ1) is 16.6. The van der Waals surface area contributed by atoms with Gasteiger partial charge in [0.15, 0.2) is 5.82 Å². The van der Waals surface area contributed by atoms with Gasteiger partial charge in [-0.3, -0.25) is 4.79 Å². The van der Waals surface area contributed by atoms with E-state index in [9.17, 15) is 9.90 Å². The van der Waals surface area contributed by atoms with Crippen LogP contribution in [-0.4, -0.2) is 27.7 Å². The molecule has 0 aliphatic carbocycles. The number of aryl methyl sites for hydroxylation is 2. The number of aromatic nitrogens is 2. The molecule has 7 heteroatoms. The quantitative estimate of drug-likeness (QED) is 0.687. The topological polar surface area (TPSA) is 88.2 Å². The van der Waals surface area contributed by atoms with Crippen molar-refractivity contribution in [3.8, 4) is 0 Å². The smallest absolute Gasteiger partial charge is 0.226 e. The highest BCUT2D eigenvalue weighted by atomic mass is 32.1. The van der Waals surface area contributed by atoms with Crippen LogP contribution in [0.4, 0.5) is 0 Å². The molecule has 0 spiro atoms. The molecule has 2 aromatic heterocycles. The molecule has 0 saturated carbocycles. The maximum atomic E-state index is 11.9. The molecule has 2 N–H and O–H groups in total. The average molecular weight is 345 g/mol. The lowest BCUT2D eigenvalue weighted by Gasteiger charge is -2.09. The largest absolute Gasteiger partial charge is 0.386 e. The molecular formula is C17H19N3O3S. The van der Waals surface area contributed by atoms with Gasteiger partial charge in [-0.05, 0) is 30.9 Å². The summed E-state index contributed by atoms with van der Waals surface area (Å²) >= 11 is 1.55. The highest BCUT2D eigenvalue weighted by Crippen LogP contribution is 2.29. The molecule has 0 fully saturated rings. The Balaban J connectivity index is 1.43. The number of nitrogens with zero attached hydrogens (tertiary/aromatic N) is 2. The zero-order valence-corrected chi connectivity index (χ0v) is 14.2. The highest BCUT2D eigenvalue weighted by molar-refractivity contribution is 7.19. The minimum Gasteiger partial charge on any atom is -0.386 e. The second kappa shape index (κ2) is 7.55. The predicted octanol–water partition coefficient (Wildman–Crippen LogP) is 2.77. The van der Waals surface area contributed by atoms with E-state index in [1.165, 1.54) is 0 Å². The van der Waals surface area contributed by atoms with Gasteiger partial charge in [0.1, 0.15) is 6.10 Å². The Bertz CT molecular complexity index is 794. The number of hydrogen-bond acceptors (Lipinski definition) is 6. The van der Waals surface area contributed by atoms with Crippen molar-refractivity contribution in [2.45, 2.75) is 32.3 Å². The van der Waals surface area contributed by atoms with Crippen molar-refractivity contribution in [2.75, 3.05) is 6.54 Å². The van der Waals surface area contributed by atoms with Crippen LogP contribution in [0.5, 0.6) is 0 Å². The number of amides is 1. The molecule has 2 heterocycles. The zero-order valence-electron chi connectivity index (χ0n) is 13.4. The monoisotopic (exact) mass is 345 g/mol. The molecule has 1 amide bonds. The van der Waals surface area contributed by atoms with Crippen LogP contribution in [0.15, 0.2) is 34.9 Å². The molecule has 24 heavy (non-hydrogen) atoms. The number of fused-ring (bicyclic) bond motifs is 1. The van der Waals surface area contributed by atoms with E-state index in [1.807, 2.05) is 30.3 Å². The molecule has 0 bridgehead atoms. The normalized spacial score (nSPS) is 12.4. The van der Waals surface area contributed by atoms with E-state index in [2.05, 4.69) is 15.5 Å². The lowest BCUT2D eigenvalue weighted by molar-refractivity contribution is -0.121. The zero-order chi connectivity index (χ0) is 16.9. The van der Waals surface area contributed by atoms with E-state index in [-0.39, 0.29) is 12.5 Å². The minimum absolute atomic E-state index is 0.0913. The van der Waals surface area contributed by atoms with Crippen LogP contribution in [-0.2, 0) is 11.2 Å². The van der Waals surface area contributed by atoms with E-state index in [1.54, 1.807) is 18.3 Å². The maximum absolute atomic E-state index is 11.9. The molecule has 0 saturated heterocycles. The van der Waals surface area contributed by atoms with Crippen LogP contribution >= 0.6 is 11.3 Å². The molecule has 3 aromatic rings. The Morgan fingerprint density at radius 3 is 3.00 bits per heavy atom. The number of rotatable bonds is 7. The predicted molar refractivity (Wildman–Crippen MR) is 91.8 cm³/mol. The Morgan fingerprint density at radius 1 is 1.42 bits per heavy atom. The third-order valence-corrected chi connectivity index (χ3v) is 4.85. The fraction of sp³-hybridized carbons (Fsp3) is 0.353. The molecule has 0 radical (unpaired) electrons. The number of hydrogen-bond donors (Lipinski definition) is 2. The van der Waals surface area contributed by atoms with E-state index in [0.717, 1.165) is 15.0 Å². The van der Waals surface area contributed by atoms with E-state index < -0.39 is 6.10 Å². The molecule has 0 aliphatic rings. The second-order valence-electron chi connectivity index (χ2n) is 5.60. The van der Waals surface area contributed by atoms with E-state index in [4.69, 9.17) is 4.52 Å². The van der Waals surface area contributed by atoms with Gasteiger partial charge in [0.25, 0.3) is 0 Å². The van der Waals surface area contributed by atoms with Crippen molar-refractivity contribution in [1.82, 2.24) is 15.5 Å². The van der Waals surface area contributed by atoms with Gasteiger partial charge in [-0.2, -0.15) is 4.98 Å². The van der Waals surface area contributed by atoms with Gasteiger partial charge in [0.05, 0.1) is 0 Å². The summed E-state index contributed by atoms with van der Waals surface area (Å²) < 4.78 is 6.13. The number of carbonyl (C=O) groups is 1. The summed E-state index contributed by atoms with van der Waals surface area (Å²) in [5.41, 5.74) is 0. The standard InChI is InChI=1S/C17H19N3O3S/c1-11-19-17(23-20-11)8-4-7-16(22)18-10-13(21)15-9-12-5-2-3-6-14(12)24-15/h2-3,5-6,9,13,21H,4,7-8,10H2,1H3,(H,18,22). The van der Waals surface area contributed by atoms with E-state index >= 15 is 0 Å². The first-order valence-electron chi connectivity index (χ1n) is 7.84. The van der Waals surface area contributed by atoms with Crippen molar-refractivity contribution in [3.63, 3.8) is 0 Å². The third-order valence-electron chi connectivity index (χ3n) is 3.63. The van der Waals surface area contributed by atoms with Crippen LogP contribution < -0.4 is 5.32 Å². The molecule has 126 valence electrons. The molecule has 1 atom stereocenters. The van der Waals surface area contributed by atoms with Crippen molar-refractivity contribution >= 4 is 27.3 Å². The molecule has 3 rings (SSSR count). The van der Waals surface area contributed by atoms with E-state index in [0.29, 0.717) is 31.0 Å². The first-order chi connectivity index (χ1) is 11.6. The number of aliphatic hydroxyl groups excluding tert-OH is 1. The third kappa shape index (κ3) is 4.18. The summed E-state index contributed by atoms with van der Waals surface area (Å²) in [5, 5.41) is 17.8. The molecule has 1 unspecified atom stereocenters.